The SMILES string of the molecule is ClN1C=CC=CCC1. The predicted octanol–water partition coefficient (Wildman–Crippen LogP) is 1.92. The van der Waals surface area contributed by atoms with Gasteiger partial charge in [0.15, 0.2) is 0 Å². The molecule has 1 aliphatic rings. The van der Waals surface area contributed by atoms with Gasteiger partial charge in [-0.1, -0.05) is 12.2 Å². The average molecular weight is 130 g/mol. The molecule has 0 saturated carbocycles. The van der Waals surface area contributed by atoms with Gasteiger partial charge in [-0.15, -0.1) is 0 Å². The summed E-state index contributed by atoms with van der Waals surface area (Å²) >= 11 is 5.63. The quantitative estimate of drug-likeness (QED) is 0.452. The van der Waals surface area contributed by atoms with Crippen LogP contribution in [0.2, 0.25) is 0 Å². The Kier molecular flexibility index (Phi) is 1.98. The summed E-state index contributed by atoms with van der Waals surface area (Å²) in [5.74, 6) is 0. The molecular formula is C6H8ClN. The number of nitrogens with zero attached hydrogens (tertiary/aromatic N) is 1. The van der Waals surface area contributed by atoms with Gasteiger partial charge in [-0.3, -0.25) is 4.42 Å². The van der Waals surface area contributed by atoms with Gasteiger partial charge in [-0.05, 0) is 12.5 Å². The molecule has 0 aliphatic carbocycles. The van der Waals surface area contributed by atoms with E-state index in [4.69, 9.17) is 11.8 Å². The van der Waals surface area contributed by atoms with E-state index in [-0.39, 0.29) is 0 Å². The summed E-state index contributed by atoms with van der Waals surface area (Å²) in [5, 5.41) is 0. The Morgan fingerprint density at radius 2 is 2.25 bits per heavy atom. The lowest BCUT2D eigenvalue weighted by Gasteiger charge is -2.04. The first kappa shape index (κ1) is 5.70. The largest absolute Gasteiger partial charge is 0.292 e. The van der Waals surface area contributed by atoms with Crippen LogP contribution >= 0.6 is 11.8 Å². The second kappa shape index (κ2) is 2.78. The van der Waals surface area contributed by atoms with Crippen LogP contribution < -0.4 is 0 Å². The van der Waals surface area contributed by atoms with Crippen molar-refractivity contribution in [2.75, 3.05) is 6.54 Å². The number of hydrogen-bond donors (Lipinski definition) is 0. The third-order valence-corrected chi connectivity index (χ3v) is 1.29. The molecule has 0 atom stereocenters. The molecule has 8 heavy (non-hydrogen) atoms. The summed E-state index contributed by atoms with van der Waals surface area (Å²) in [7, 11) is 0. The molecule has 0 radical (unpaired) electrons. The zero-order chi connectivity index (χ0) is 5.82. The first-order chi connectivity index (χ1) is 3.89. The van der Waals surface area contributed by atoms with Crippen molar-refractivity contribution in [3.63, 3.8) is 0 Å². The molecule has 2 heteroatoms. The van der Waals surface area contributed by atoms with Crippen molar-refractivity contribution in [1.29, 1.82) is 0 Å². The molecular weight excluding hydrogens is 122 g/mol. The first-order valence-electron chi connectivity index (χ1n) is 2.65. The van der Waals surface area contributed by atoms with E-state index >= 15 is 0 Å². The van der Waals surface area contributed by atoms with Crippen LogP contribution in [0.25, 0.3) is 0 Å². The lowest BCUT2D eigenvalue weighted by atomic mass is 10.4. The maximum absolute atomic E-state index is 5.63. The second-order valence-electron chi connectivity index (χ2n) is 1.68. The fourth-order valence-electron chi connectivity index (χ4n) is 0.590. The van der Waals surface area contributed by atoms with E-state index in [9.17, 15) is 0 Å². The Balaban J connectivity index is 2.46. The summed E-state index contributed by atoms with van der Waals surface area (Å²) in [4.78, 5) is 0. The first-order valence-corrected chi connectivity index (χ1v) is 2.99. The third-order valence-electron chi connectivity index (χ3n) is 1.00. The van der Waals surface area contributed by atoms with Gasteiger partial charge in [-0.2, -0.15) is 0 Å². The summed E-state index contributed by atoms with van der Waals surface area (Å²) < 4.78 is 1.65. The van der Waals surface area contributed by atoms with Crippen LogP contribution in [0, 0.1) is 0 Å². The van der Waals surface area contributed by atoms with E-state index in [1.54, 1.807) is 4.42 Å². The fourth-order valence-corrected chi connectivity index (χ4v) is 0.753. The van der Waals surface area contributed by atoms with Crippen molar-refractivity contribution in [1.82, 2.24) is 4.42 Å². The zero-order valence-corrected chi connectivity index (χ0v) is 5.30. The number of rotatable bonds is 0. The number of hydrogen-bond acceptors (Lipinski definition) is 1. The van der Waals surface area contributed by atoms with Gasteiger partial charge in [0.05, 0.1) is 0 Å². The van der Waals surface area contributed by atoms with Crippen molar-refractivity contribution < 1.29 is 0 Å². The highest BCUT2D eigenvalue weighted by molar-refractivity contribution is 6.14. The zero-order valence-electron chi connectivity index (χ0n) is 4.55. The standard InChI is InChI=1S/C6H8ClN/c7-8-5-3-1-2-4-6-8/h1-3,5H,4,6H2. The van der Waals surface area contributed by atoms with Crippen LogP contribution in [0.15, 0.2) is 24.4 Å². The maximum atomic E-state index is 5.63. The van der Waals surface area contributed by atoms with Crippen LogP contribution in [0.5, 0.6) is 0 Å². The molecule has 1 rings (SSSR count). The van der Waals surface area contributed by atoms with E-state index in [2.05, 4.69) is 6.08 Å². The summed E-state index contributed by atoms with van der Waals surface area (Å²) in [6.07, 6.45) is 8.92. The molecule has 0 spiro atoms. The van der Waals surface area contributed by atoms with Crippen LogP contribution in [0.3, 0.4) is 0 Å². The predicted molar refractivity (Wildman–Crippen MR) is 35.5 cm³/mol. The van der Waals surface area contributed by atoms with Crippen LogP contribution in [-0.4, -0.2) is 11.0 Å². The second-order valence-corrected chi connectivity index (χ2v) is 2.12. The number of halogens is 1. The average Bonchev–Trinajstić information content (AvgIpc) is 1.94. The molecule has 0 saturated heterocycles. The highest BCUT2D eigenvalue weighted by Gasteiger charge is 1.91. The Morgan fingerprint density at radius 1 is 1.38 bits per heavy atom. The van der Waals surface area contributed by atoms with E-state index in [0.29, 0.717) is 0 Å². The van der Waals surface area contributed by atoms with Gasteiger partial charge in [0.2, 0.25) is 0 Å². The molecule has 0 aromatic rings. The molecule has 0 N–H and O–H groups in total. The van der Waals surface area contributed by atoms with Crippen molar-refractivity contribution in [2.45, 2.75) is 6.42 Å². The van der Waals surface area contributed by atoms with Crippen molar-refractivity contribution in [3.8, 4) is 0 Å². The molecule has 0 amide bonds. The molecule has 1 nitrogen and oxygen atoms in total. The minimum Gasteiger partial charge on any atom is -0.292 e. The normalized spacial score (nSPS) is 18.9. The van der Waals surface area contributed by atoms with Gasteiger partial charge < -0.3 is 0 Å². The third kappa shape index (κ3) is 1.58. The van der Waals surface area contributed by atoms with Crippen LogP contribution in [0.4, 0.5) is 0 Å². The van der Waals surface area contributed by atoms with E-state index in [1.165, 1.54) is 0 Å². The smallest absolute Gasteiger partial charge is 0.0377 e. The summed E-state index contributed by atoms with van der Waals surface area (Å²) in [6, 6.07) is 0. The van der Waals surface area contributed by atoms with Gasteiger partial charge >= 0.3 is 0 Å². The Morgan fingerprint density at radius 3 is 3.12 bits per heavy atom. The minimum atomic E-state index is 0.911. The molecule has 0 aromatic heterocycles. The van der Waals surface area contributed by atoms with Gasteiger partial charge in [-0.25, -0.2) is 0 Å². The van der Waals surface area contributed by atoms with Crippen LogP contribution in [-0.2, 0) is 0 Å². The van der Waals surface area contributed by atoms with Gasteiger partial charge in [0.25, 0.3) is 0 Å². The molecule has 0 fully saturated rings. The van der Waals surface area contributed by atoms with Crippen LogP contribution in [0.1, 0.15) is 6.42 Å². The molecule has 0 bridgehead atoms. The van der Waals surface area contributed by atoms with Gasteiger partial charge in [0, 0.05) is 24.5 Å². The van der Waals surface area contributed by atoms with E-state index in [1.807, 2.05) is 18.4 Å². The lowest BCUT2D eigenvalue weighted by molar-refractivity contribution is 0.613. The van der Waals surface area contributed by atoms with Crippen molar-refractivity contribution in [2.24, 2.45) is 0 Å². The van der Waals surface area contributed by atoms with Crippen molar-refractivity contribution in [3.05, 3.63) is 24.4 Å². The molecule has 1 aliphatic heterocycles. The topological polar surface area (TPSA) is 3.24 Å². The fraction of sp³-hybridized carbons (Fsp3) is 0.333. The summed E-state index contributed by atoms with van der Waals surface area (Å²) in [6.45, 7) is 0.911. The highest BCUT2D eigenvalue weighted by Crippen LogP contribution is 2.01. The highest BCUT2D eigenvalue weighted by atomic mass is 35.5. The summed E-state index contributed by atoms with van der Waals surface area (Å²) in [5.41, 5.74) is 0. The van der Waals surface area contributed by atoms with E-state index < -0.39 is 0 Å². The molecule has 0 unspecified atom stereocenters. The minimum absolute atomic E-state index is 0.911. The Bertz CT molecular complexity index is 118. The maximum Gasteiger partial charge on any atom is 0.0377 e. The number of allylic oxidation sites excluding steroid dienone is 2. The monoisotopic (exact) mass is 129 g/mol. The van der Waals surface area contributed by atoms with Crippen molar-refractivity contribution >= 4 is 11.8 Å². The molecule has 0 aromatic carbocycles. The molecule has 1 heterocycles. The van der Waals surface area contributed by atoms with Gasteiger partial charge in [0.1, 0.15) is 0 Å². The molecule has 44 valence electrons. The lowest BCUT2D eigenvalue weighted by Crippen LogP contribution is -2.02. The Labute approximate surface area is 54.4 Å². The van der Waals surface area contributed by atoms with E-state index in [0.717, 1.165) is 13.0 Å². The Hall–Kier alpha value is -0.430.